The van der Waals surface area contributed by atoms with E-state index in [-0.39, 0.29) is 15.9 Å². The Morgan fingerprint density at radius 1 is 1.38 bits per heavy atom. The molecule has 0 atom stereocenters. The standard InChI is InChI=1S/C14H18FNO4S/c1-14(2)6-7-16(9-14)21(18,19)12-8-10(15)4-5-11(12)13(17)20-3/h4-5,8H,6-7,9H2,1-3H3. The Balaban J connectivity index is 2.50. The van der Waals surface area contributed by atoms with E-state index in [1.54, 1.807) is 0 Å². The molecule has 0 N–H and O–H groups in total. The summed E-state index contributed by atoms with van der Waals surface area (Å²) in [7, 11) is -2.77. The maximum absolute atomic E-state index is 13.4. The number of carbonyl (C=O) groups excluding carboxylic acids is 1. The summed E-state index contributed by atoms with van der Waals surface area (Å²) < 4.78 is 44.6. The lowest BCUT2D eigenvalue weighted by atomic mass is 9.93. The van der Waals surface area contributed by atoms with E-state index in [2.05, 4.69) is 4.74 Å². The summed E-state index contributed by atoms with van der Waals surface area (Å²) in [5.41, 5.74) is -0.283. The summed E-state index contributed by atoms with van der Waals surface area (Å²) in [6, 6.07) is 3.04. The molecule has 0 bridgehead atoms. The van der Waals surface area contributed by atoms with Gasteiger partial charge in [-0.2, -0.15) is 4.31 Å². The molecule has 0 spiro atoms. The lowest BCUT2D eigenvalue weighted by Crippen LogP contribution is -2.31. The van der Waals surface area contributed by atoms with Gasteiger partial charge in [0, 0.05) is 13.1 Å². The third-order valence-corrected chi connectivity index (χ3v) is 5.49. The van der Waals surface area contributed by atoms with Crippen molar-refractivity contribution >= 4 is 16.0 Å². The fraction of sp³-hybridized carbons (Fsp3) is 0.500. The van der Waals surface area contributed by atoms with Gasteiger partial charge in [-0.15, -0.1) is 0 Å². The number of nitrogens with zero attached hydrogens (tertiary/aromatic N) is 1. The van der Waals surface area contributed by atoms with Gasteiger partial charge in [-0.05, 0) is 30.0 Å². The molecule has 1 aromatic rings. The fourth-order valence-electron chi connectivity index (χ4n) is 2.40. The molecule has 5 nitrogen and oxygen atoms in total. The lowest BCUT2D eigenvalue weighted by molar-refractivity contribution is 0.0596. The molecule has 7 heteroatoms. The van der Waals surface area contributed by atoms with Crippen molar-refractivity contribution in [2.75, 3.05) is 20.2 Å². The third-order valence-electron chi connectivity index (χ3n) is 3.61. The number of benzene rings is 1. The number of esters is 1. The van der Waals surface area contributed by atoms with Crippen LogP contribution in [0.3, 0.4) is 0 Å². The number of methoxy groups -OCH3 is 1. The van der Waals surface area contributed by atoms with Crippen molar-refractivity contribution in [3.05, 3.63) is 29.6 Å². The number of halogens is 1. The zero-order valence-electron chi connectivity index (χ0n) is 12.2. The molecule has 2 rings (SSSR count). The van der Waals surface area contributed by atoms with Gasteiger partial charge in [-0.1, -0.05) is 13.8 Å². The molecule has 21 heavy (non-hydrogen) atoms. The zero-order chi connectivity index (χ0) is 15.8. The second-order valence-corrected chi connectivity index (χ2v) is 7.79. The third kappa shape index (κ3) is 3.08. The van der Waals surface area contributed by atoms with E-state index < -0.39 is 21.8 Å². The van der Waals surface area contributed by atoms with Gasteiger partial charge in [0.1, 0.15) is 5.82 Å². The number of hydrogen-bond acceptors (Lipinski definition) is 4. The molecule has 0 aliphatic carbocycles. The number of rotatable bonds is 3. The second kappa shape index (κ2) is 5.38. The highest BCUT2D eigenvalue weighted by molar-refractivity contribution is 7.89. The molecule has 1 aliphatic rings. The van der Waals surface area contributed by atoms with E-state index in [1.165, 1.54) is 4.31 Å². The molecular weight excluding hydrogens is 297 g/mol. The largest absolute Gasteiger partial charge is 0.465 e. The van der Waals surface area contributed by atoms with Crippen molar-refractivity contribution in [2.24, 2.45) is 5.41 Å². The van der Waals surface area contributed by atoms with E-state index in [0.29, 0.717) is 13.1 Å². The van der Waals surface area contributed by atoms with Crippen LogP contribution in [0.5, 0.6) is 0 Å². The van der Waals surface area contributed by atoms with E-state index in [4.69, 9.17) is 0 Å². The maximum atomic E-state index is 13.4. The Bertz CT molecular complexity index is 670. The van der Waals surface area contributed by atoms with Crippen molar-refractivity contribution < 1.29 is 22.3 Å². The van der Waals surface area contributed by atoms with Crippen molar-refractivity contribution in [3.8, 4) is 0 Å². The quantitative estimate of drug-likeness (QED) is 0.801. The second-order valence-electron chi connectivity index (χ2n) is 5.88. The Morgan fingerprint density at radius 3 is 2.57 bits per heavy atom. The van der Waals surface area contributed by atoms with Crippen molar-refractivity contribution in [2.45, 2.75) is 25.2 Å². The van der Waals surface area contributed by atoms with Gasteiger partial charge in [-0.3, -0.25) is 0 Å². The van der Waals surface area contributed by atoms with Crippen LogP contribution in [0.1, 0.15) is 30.6 Å². The van der Waals surface area contributed by atoms with Crippen LogP contribution < -0.4 is 0 Å². The molecule has 1 saturated heterocycles. The predicted molar refractivity (Wildman–Crippen MR) is 74.9 cm³/mol. The van der Waals surface area contributed by atoms with Crippen LogP contribution in [0.4, 0.5) is 4.39 Å². The van der Waals surface area contributed by atoms with Crippen molar-refractivity contribution in [1.29, 1.82) is 0 Å². The first-order chi connectivity index (χ1) is 9.67. The first kappa shape index (κ1) is 15.9. The molecule has 0 unspecified atom stereocenters. The molecule has 116 valence electrons. The van der Waals surface area contributed by atoms with Gasteiger partial charge in [0.2, 0.25) is 10.0 Å². The minimum atomic E-state index is -3.93. The molecule has 0 aromatic heterocycles. The van der Waals surface area contributed by atoms with Crippen LogP contribution in [-0.4, -0.2) is 38.9 Å². The average molecular weight is 315 g/mol. The first-order valence-corrected chi connectivity index (χ1v) is 7.99. The molecule has 0 saturated carbocycles. The van der Waals surface area contributed by atoms with E-state index >= 15 is 0 Å². The summed E-state index contributed by atoms with van der Waals surface area (Å²) in [6.45, 7) is 4.63. The summed E-state index contributed by atoms with van der Waals surface area (Å²) in [4.78, 5) is 11.4. The molecular formula is C14H18FNO4S. The molecule has 0 amide bonds. The summed E-state index contributed by atoms with van der Waals surface area (Å²) in [5.74, 6) is -1.51. The zero-order valence-corrected chi connectivity index (χ0v) is 13.0. The number of ether oxygens (including phenoxy) is 1. The topological polar surface area (TPSA) is 63.7 Å². The Kier molecular flexibility index (Phi) is 4.08. The number of carbonyl (C=O) groups is 1. The van der Waals surface area contributed by atoms with Crippen LogP contribution in [0.2, 0.25) is 0 Å². The van der Waals surface area contributed by atoms with Crippen molar-refractivity contribution in [3.63, 3.8) is 0 Å². The first-order valence-electron chi connectivity index (χ1n) is 6.55. The van der Waals surface area contributed by atoms with Crippen LogP contribution in [-0.2, 0) is 14.8 Å². The summed E-state index contributed by atoms with van der Waals surface area (Å²) in [5, 5.41) is 0. The fourth-order valence-corrected chi connectivity index (χ4v) is 4.22. The Hall–Kier alpha value is -1.47. The van der Waals surface area contributed by atoms with Gasteiger partial charge in [0.25, 0.3) is 0 Å². The highest BCUT2D eigenvalue weighted by atomic mass is 32.2. The van der Waals surface area contributed by atoms with Crippen LogP contribution in [0, 0.1) is 11.2 Å². The molecule has 1 heterocycles. The Morgan fingerprint density at radius 2 is 2.05 bits per heavy atom. The SMILES string of the molecule is COC(=O)c1ccc(F)cc1S(=O)(=O)N1CCC(C)(C)C1. The lowest BCUT2D eigenvalue weighted by Gasteiger charge is -2.20. The predicted octanol–water partition coefficient (Wildman–Crippen LogP) is 2.03. The van der Waals surface area contributed by atoms with Gasteiger partial charge in [-0.25, -0.2) is 17.6 Å². The van der Waals surface area contributed by atoms with Gasteiger partial charge in [0.15, 0.2) is 0 Å². The Labute approximate surface area is 123 Å². The molecule has 1 aromatic carbocycles. The smallest absolute Gasteiger partial charge is 0.339 e. The highest BCUT2D eigenvalue weighted by Crippen LogP contribution is 2.33. The number of sulfonamides is 1. The van der Waals surface area contributed by atoms with E-state index in [0.717, 1.165) is 31.7 Å². The van der Waals surface area contributed by atoms with E-state index in [1.807, 2.05) is 13.8 Å². The summed E-state index contributed by atoms with van der Waals surface area (Å²) >= 11 is 0. The monoisotopic (exact) mass is 315 g/mol. The average Bonchev–Trinajstić information content (AvgIpc) is 2.79. The molecule has 1 fully saturated rings. The van der Waals surface area contributed by atoms with Gasteiger partial charge >= 0.3 is 5.97 Å². The number of hydrogen-bond donors (Lipinski definition) is 0. The minimum absolute atomic E-state index is 0.133. The minimum Gasteiger partial charge on any atom is -0.465 e. The van der Waals surface area contributed by atoms with Gasteiger partial charge in [0.05, 0.1) is 17.6 Å². The van der Waals surface area contributed by atoms with Crippen molar-refractivity contribution in [1.82, 2.24) is 4.31 Å². The maximum Gasteiger partial charge on any atom is 0.339 e. The summed E-state index contributed by atoms with van der Waals surface area (Å²) in [6.07, 6.45) is 0.717. The van der Waals surface area contributed by atoms with Crippen LogP contribution in [0.25, 0.3) is 0 Å². The normalized spacial score (nSPS) is 18.7. The molecule has 1 aliphatic heterocycles. The molecule has 0 radical (unpaired) electrons. The van der Waals surface area contributed by atoms with E-state index in [9.17, 15) is 17.6 Å². The van der Waals surface area contributed by atoms with Crippen LogP contribution >= 0.6 is 0 Å². The van der Waals surface area contributed by atoms with Crippen LogP contribution in [0.15, 0.2) is 23.1 Å². The van der Waals surface area contributed by atoms with Gasteiger partial charge < -0.3 is 4.74 Å². The highest BCUT2D eigenvalue weighted by Gasteiger charge is 2.38.